The van der Waals surface area contributed by atoms with Crippen molar-refractivity contribution >= 4 is 13.5 Å². The van der Waals surface area contributed by atoms with E-state index in [4.69, 9.17) is 13.8 Å². The van der Waals surface area contributed by atoms with Gasteiger partial charge in [0.05, 0.1) is 6.54 Å². The number of ether oxygens (including phenoxy) is 1. The summed E-state index contributed by atoms with van der Waals surface area (Å²) >= 11 is 0. The van der Waals surface area contributed by atoms with Gasteiger partial charge in [-0.1, -0.05) is 73.2 Å². The van der Waals surface area contributed by atoms with Gasteiger partial charge in [-0.05, 0) is 80.0 Å². The van der Waals surface area contributed by atoms with Crippen molar-refractivity contribution in [1.29, 1.82) is 0 Å². The number of hydrogen-bond acceptors (Lipinski definition) is 6. The molecule has 1 unspecified atom stereocenters. The fourth-order valence-corrected chi connectivity index (χ4v) is 6.52. The molecule has 1 N–H and O–H groups in total. The van der Waals surface area contributed by atoms with Gasteiger partial charge in [0, 0.05) is 0 Å². The van der Waals surface area contributed by atoms with Crippen LogP contribution in [0.15, 0.2) is 115 Å². The first-order valence-corrected chi connectivity index (χ1v) is 15.1. The van der Waals surface area contributed by atoms with Crippen molar-refractivity contribution in [3.63, 3.8) is 0 Å². The molecule has 5 rings (SSSR count). The van der Waals surface area contributed by atoms with Crippen molar-refractivity contribution in [3.05, 3.63) is 121 Å². The number of benzene rings is 4. The molecular formula is C32H33N2O5P. The van der Waals surface area contributed by atoms with E-state index in [2.05, 4.69) is 10.2 Å². The third-order valence-corrected chi connectivity index (χ3v) is 8.52. The highest BCUT2D eigenvalue weighted by atomic mass is 31.2. The number of para-hydroxylation sites is 3. The zero-order valence-electron chi connectivity index (χ0n) is 22.2. The Hall–Kier alpha value is -4.06. The number of amides is 1. The fourth-order valence-electron chi connectivity index (χ4n) is 4.62. The van der Waals surface area contributed by atoms with E-state index in [1.165, 1.54) is 6.42 Å². The summed E-state index contributed by atoms with van der Waals surface area (Å²) in [5, 5.41) is 3.00. The third-order valence-electron chi connectivity index (χ3n) is 6.53. The van der Waals surface area contributed by atoms with Crippen LogP contribution in [0.3, 0.4) is 0 Å². The van der Waals surface area contributed by atoms with Crippen molar-refractivity contribution in [3.8, 4) is 23.0 Å². The number of rotatable bonds is 11. The number of carbonyl (C=O) groups is 1. The van der Waals surface area contributed by atoms with E-state index in [1.807, 2.05) is 48.5 Å². The van der Waals surface area contributed by atoms with Gasteiger partial charge < -0.3 is 19.1 Å². The summed E-state index contributed by atoms with van der Waals surface area (Å²) in [5.41, 5.74) is 0.538. The molecule has 0 aliphatic carbocycles. The molecule has 1 atom stereocenters. The van der Waals surface area contributed by atoms with Gasteiger partial charge in [-0.15, -0.1) is 0 Å². The maximum atomic E-state index is 14.8. The molecule has 1 amide bonds. The summed E-state index contributed by atoms with van der Waals surface area (Å²) in [6.45, 7) is 1.92. The van der Waals surface area contributed by atoms with Gasteiger partial charge in [-0.25, -0.2) is 4.57 Å². The first-order chi connectivity index (χ1) is 19.6. The first-order valence-electron chi connectivity index (χ1n) is 13.5. The van der Waals surface area contributed by atoms with E-state index >= 15 is 0 Å². The largest absolute Gasteiger partial charge is 0.457 e. The second kappa shape index (κ2) is 13.3. The molecule has 4 aromatic rings. The third kappa shape index (κ3) is 7.53. The molecule has 1 heterocycles. The molecular weight excluding hydrogens is 523 g/mol. The molecule has 0 saturated carbocycles. The standard InChI is InChI=1S/C32H33N2O5P/c35-31(25-34-22-11-4-12-23-34)33-32(26-14-13-21-30(24-26)37-27-15-5-1-6-16-27)40(36,38-28-17-7-2-8-18-28)39-29-19-9-3-10-20-29/h1-3,5-10,13-21,24,32H,4,11-12,22-23,25H2,(H,33,35). The van der Waals surface area contributed by atoms with Gasteiger partial charge in [0.15, 0.2) is 5.78 Å². The van der Waals surface area contributed by atoms with E-state index in [-0.39, 0.29) is 12.5 Å². The zero-order chi connectivity index (χ0) is 27.6. The second-order valence-corrected chi connectivity index (χ2v) is 11.6. The molecule has 1 aliphatic rings. The highest BCUT2D eigenvalue weighted by Gasteiger charge is 2.42. The van der Waals surface area contributed by atoms with Crippen LogP contribution in [0.2, 0.25) is 0 Å². The SMILES string of the molecule is O=C(CN1CCCCC1)NC(c1cccc(Oc2ccccc2)c1)P(=O)(Oc1ccccc1)Oc1ccccc1. The number of nitrogens with zero attached hydrogens (tertiary/aromatic N) is 1. The van der Waals surface area contributed by atoms with E-state index in [9.17, 15) is 9.36 Å². The number of piperidine rings is 1. The van der Waals surface area contributed by atoms with Crippen molar-refractivity contribution in [2.45, 2.75) is 25.0 Å². The summed E-state index contributed by atoms with van der Waals surface area (Å²) in [4.78, 5) is 15.5. The molecule has 0 bridgehead atoms. The lowest BCUT2D eigenvalue weighted by molar-refractivity contribution is -0.122. The van der Waals surface area contributed by atoms with Crippen LogP contribution < -0.4 is 19.1 Å². The summed E-state index contributed by atoms with van der Waals surface area (Å²) in [6.07, 6.45) is 3.28. The number of likely N-dealkylation sites (tertiary alicyclic amines) is 1. The van der Waals surface area contributed by atoms with Crippen LogP contribution in [0.1, 0.15) is 30.6 Å². The molecule has 1 fully saturated rings. The van der Waals surface area contributed by atoms with Crippen molar-refractivity contribution < 1.29 is 23.1 Å². The van der Waals surface area contributed by atoms with Gasteiger partial charge in [0.1, 0.15) is 23.0 Å². The smallest absolute Gasteiger partial charge is 0.457 e. The van der Waals surface area contributed by atoms with Crippen LogP contribution >= 0.6 is 7.60 Å². The quantitative estimate of drug-likeness (QED) is 0.194. The minimum atomic E-state index is -4.11. The molecule has 0 aromatic heterocycles. The Kier molecular flexibility index (Phi) is 9.17. The molecule has 206 valence electrons. The fraction of sp³-hybridized carbons (Fsp3) is 0.219. The van der Waals surface area contributed by atoms with Crippen LogP contribution in [-0.2, 0) is 9.36 Å². The summed E-state index contributed by atoms with van der Waals surface area (Å²) < 4.78 is 33.2. The minimum absolute atomic E-state index is 0.202. The Labute approximate surface area is 235 Å². The van der Waals surface area contributed by atoms with Crippen LogP contribution in [0.4, 0.5) is 0 Å². The Balaban J connectivity index is 1.51. The Bertz CT molecular complexity index is 1370. The lowest BCUT2D eigenvalue weighted by Crippen LogP contribution is -2.41. The Morgan fingerprint density at radius 3 is 1.80 bits per heavy atom. The van der Waals surface area contributed by atoms with Crippen LogP contribution in [0.25, 0.3) is 0 Å². The molecule has 7 nitrogen and oxygen atoms in total. The number of carbonyl (C=O) groups excluding carboxylic acids is 1. The minimum Gasteiger partial charge on any atom is -0.457 e. The molecule has 1 saturated heterocycles. The summed E-state index contributed by atoms with van der Waals surface area (Å²) in [5.74, 6) is 0.571. The molecule has 40 heavy (non-hydrogen) atoms. The predicted octanol–water partition coefficient (Wildman–Crippen LogP) is 7.43. The van der Waals surface area contributed by atoms with E-state index in [0.717, 1.165) is 25.9 Å². The first kappa shape index (κ1) is 27.5. The van der Waals surface area contributed by atoms with E-state index < -0.39 is 13.4 Å². The van der Waals surface area contributed by atoms with Crippen molar-refractivity contribution in [1.82, 2.24) is 10.2 Å². The van der Waals surface area contributed by atoms with Gasteiger partial charge in [-0.3, -0.25) is 9.69 Å². The maximum absolute atomic E-state index is 14.8. The highest BCUT2D eigenvalue weighted by molar-refractivity contribution is 7.55. The maximum Gasteiger partial charge on any atom is 0.457 e. The highest BCUT2D eigenvalue weighted by Crippen LogP contribution is 2.59. The van der Waals surface area contributed by atoms with Crippen molar-refractivity contribution in [2.75, 3.05) is 19.6 Å². The van der Waals surface area contributed by atoms with Crippen molar-refractivity contribution in [2.24, 2.45) is 0 Å². The normalized spacial score (nSPS) is 14.6. The van der Waals surface area contributed by atoms with Crippen LogP contribution in [-0.4, -0.2) is 30.4 Å². The molecule has 4 aromatic carbocycles. The van der Waals surface area contributed by atoms with Crippen LogP contribution in [0, 0.1) is 0 Å². The molecule has 8 heteroatoms. The van der Waals surface area contributed by atoms with E-state index in [0.29, 0.717) is 28.6 Å². The number of nitrogens with one attached hydrogen (secondary N) is 1. The van der Waals surface area contributed by atoms with Gasteiger partial charge in [-0.2, -0.15) is 0 Å². The van der Waals surface area contributed by atoms with Gasteiger partial charge >= 0.3 is 7.60 Å². The predicted molar refractivity (Wildman–Crippen MR) is 156 cm³/mol. The monoisotopic (exact) mass is 556 g/mol. The van der Waals surface area contributed by atoms with Gasteiger partial charge in [0.2, 0.25) is 5.91 Å². The Morgan fingerprint density at radius 2 is 1.23 bits per heavy atom. The lowest BCUT2D eigenvalue weighted by Gasteiger charge is -2.30. The van der Waals surface area contributed by atoms with Gasteiger partial charge in [0.25, 0.3) is 0 Å². The average Bonchev–Trinajstić information content (AvgIpc) is 2.98. The van der Waals surface area contributed by atoms with Crippen LogP contribution in [0.5, 0.6) is 23.0 Å². The average molecular weight is 557 g/mol. The topological polar surface area (TPSA) is 77.1 Å². The molecule has 1 aliphatic heterocycles. The number of hydrogen-bond donors (Lipinski definition) is 1. The second-order valence-electron chi connectivity index (χ2n) is 9.64. The lowest BCUT2D eigenvalue weighted by atomic mass is 10.1. The molecule has 0 radical (unpaired) electrons. The summed E-state index contributed by atoms with van der Waals surface area (Å²) in [7, 11) is -4.11. The Morgan fingerprint density at radius 1 is 0.700 bits per heavy atom. The zero-order valence-corrected chi connectivity index (χ0v) is 23.1. The van der Waals surface area contributed by atoms with E-state index in [1.54, 1.807) is 66.7 Å². The summed E-state index contributed by atoms with van der Waals surface area (Å²) in [6, 6.07) is 34.3. The molecule has 0 spiro atoms.